The van der Waals surface area contributed by atoms with Crippen LogP contribution in [0.1, 0.15) is 30.5 Å². The molecule has 0 saturated heterocycles. The van der Waals surface area contributed by atoms with E-state index in [-0.39, 0.29) is 0 Å². The fourth-order valence-corrected chi connectivity index (χ4v) is 3.27. The van der Waals surface area contributed by atoms with Crippen molar-refractivity contribution in [1.29, 1.82) is 0 Å². The van der Waals surface area contributed by atoms with Crippen molar-refractivity contribution in [2.75, 3.05) is 0 Å². The number of benzene rings is 2. The zero-order valence-electron chi connectivity index (χ0n) is 12.6. The first-order chi connectivity index (χ1) is 10.9. The summed E-state index contributed by atoms with van der Waals surface area (Å²) in [6.07, 6.45) is 5.50. The molecule has 3 rings (SSSR count). The van der Waals surface area contributed by atoms with Crippen molar-refractivity contribution in [2.45, 2.75) is 19.3 Å². The Kier molecular flexibility index (Phi) is 4.81. The third-order valence-electron chi connectivity index (χ3n) is 3.71. The average Bonchev–Trinajstić information content (AvgIpc) is 3.06. The third-order valence-corrected chi connectivity index (χ3v) is 4.62. The molecule has 0 bridgehead atoms. The van der Waals surface area contributed by atoms with Crippen molar-refractivity contribution < 1.29 is 0 Å². The van der Waals surface area contributed by atoms with Crippen LogP contribution < -0.4 is 0 Å². The molecular formula is C20H19NS. The molecule has 1 aromatic heterocycles. The minimum atomic E-state index is 0.447. The first kappa shape index (κ1) is 14.7. The molecular weight excluding hydrogens is 286 g/mol. The molecule has 2 heteroatoms. The molecule has 3 aromatic rings. The van der Waals surface area contributed by atoms with Gasteiger partial charge in [0.2, 0.25) is 0 Å². The van der Waals surface area contributed by atoms with Gasteiger partial charge in [-0.25, -0.2) is 4.98 Å². The second-order valence-corrected chi connectivity index (χ2v) is 6.09. The molecule has 2 aromatic carbocycles. The molecule has 0 aliphatic carbocycles. The Morgan fingerprint density at radius 3 is 2.36 bits per heavy atom. The van der Waals surface area contributed by atoms with Crippen molar-refractivity contribution in [3.8, 4) is 10.6 Å². The van der Waals surface area contributed by atoms with E-state index in [4.69, 9.17) is 4.98 Å². The van der Waals surface area contributed by atoms with Crippen LogP contribution in [0.4, 0.5) is 0 Å². The molecule has 1 atom stereocenters. The normalized spacial score (nSPS) is 12.6. The van der Waals surface area contributed by atoms with Gasteiger partial charge in [0.15, 0.2) is 0 Å². The predicted octanol–water partition coefficient (Wildman–Crippen LogP) is 6.02. The molecule has 1 heterocycles. The summed E-state index contributed by atoms with van der Waals surface area (Å²) in [4.78, 5) is 4.71. The van der Waals surface area contributed by atoms with Crippen LogP contribution in [0.15, 0.2) is 72.1 Å². The van der Waals surface area contributed by atoms with Crippen molar-refractivity contribution in [3.05, 3.63) is 83.4 Å². The van der Waals surface area contributed by atoms with Gasteiger partial charge in [-0.1, -0.05) is 73.7 Å². The van der Waals surface area contributed by atoms with Gasteiger partial charge in [-0.05, 0) is 18.1 Å². The van der Waals surface area contributed by atoms with Crippen LogP contribution in [0, 0.1) is 0 Å². The van der Waals surface area contributed by atoms with Crippen LogP contribution in [0.3, 0.4) is 0 Å². The highest BCUT2D eigenvalue weighted by molar-refractivity contribution is 7.13. The van der Waals surface area contributed by atoms with E-state index in [0.717, 1.165) is 17.1 Å². The molecule has 0 saturated carbocycles. The fraction of sp³-hybridized carbons (Fsp3) is 0.150. The Balaban J connectivity index is 1.77. The number of thiazole rings is 1. The largest absolute Gasteiger partial charge is 0.237 e. The van der Waals surface area contributed by atoms with Crippen LogP contribution in [-0.2, 0) is 0 Å². The Bertz CT molecular complexity index is 729. The number of hydrogen-bond acceptors (Lipinski definition) is 2. The highest BCUT2D eigenvalue weighted by atomic mass is 32.1. The summed E-state index contributed by atoms with van der Waals surface area (Å²) >= 11 is 1.70. The third kappa shape index (κ3) is 3.52. The number of rotatable bonds is 5. The number of hydrogen-bond donors (Lipinski definition) is 0. The van der Waals surface area contributed by atoms with Crippen molar-refractivity contribution in [2.24, 2.45) is 0 Å². The lowest BCUT2D eigenvalue weighted by Gasteiger charge is -2.09. The highest BCUT2D eigenvalue weighted by Gasteiger charge is 2.06. The molecule has 0 spiro atoms. The molecule has 0 aliphatic heterocycles. The van der Waals surface area contributed by atoms with E-state index >= 15 is 0 Å². The Morgan fingerprint density at radius 1 is 1.00 bits per heavy atom. The number of nitrogens with zero attached hydrogens (tertiary/aromatic N) is 1. The van der Waals surface area contributed by atoms with Gasteiger partial charge in [0, 0.05) is 16.9 Å². The summed E-state index contributed by atoms with van der Waals surface area (Å²) in [6, 6.07) is 21.0. The molecule has 0 amide bonds. The van der Waals surface area contributed by atoms with E-state index in [1.807, 2.05) is 6.07 Å². The van der Waals surface area contributed by atoms with Crippen LogP contribution in [-0.4, -0.2) is 4.98 Å². The lowest BCUT2D eigenvalue weighted by Crippen LogP contribution is -1.92. The van der Waals surface area contributed by atoms with E-state index < -0.39 is 0 Å². The standard InChI is InChI=1S/C20H19NS/c1-2-16(17-9-5-3-6-10-17)13-14-19-15-22-20(21-19)18-11-7-4-8-12-18/h3-16H,2H2,1H3/b14-13+. The summed E-state index contributed by atoms with van der Waals surface area (Å²) in [7, 11) is 0. The van der Waals surface area contributed by atoms with Crippen LogP contribution in [0.5, 0.6) is 0 Å². The zero-order chi connectivity index (χ0) is 15.2. The van der Waals surface area contributed by atoms with Crippen LogP contribution in [0.25, 0.3) is 16.6 Å². The topological polar surface area (TPSA) is 12.9 Å². The van der Waals surface area contributed by atoms with Gasteiger partial charge in [0.25, 0.3) is 0 Å². The maximum atomic E-state index is 4.71. The fourth-order valence-electron chi connectivity index (χ4n) is 2.47. The van der Waals surface area contributed by atoms with Crippen molar-refractivity contribution in [1.82, 2.24) is 4.98 Å². The summed E-state index contributed by atoms with van der Waals surface area (Å²) in [5.74, 6) is 0.447. The van der Waals surface area contributed by atoms with Crippen LogP contribution in [0.2, 0.25) is 0 Å². The molecule has 0 N–H and O–H groups in total. The molecule has 0 fully saturated rings. The summed E-state index contributed by atoms with van der Waals surface area (Å²) < 4.78 is 0. The minimum absolute atomic E-state index is 0.447. The zero-order valence-corrected chi connectivity index (χ0v) is 13.5. The van der Waals surface area contributed by atoms with Gasteiger partial charge >= 0.3 is 0 Å². The van der Waals surface area contributed by atoms with Gasteiger partial charge in [-0.15, -0.1) is 11.3 Å². The van der Waals surface area contributed by atoms with Gasteiger partial charge in [0.1, 0.15) is 5.01 Å². The van der Waals surface area contributed by atoms with Crippen molar-refractivity contribution in [3.63, 3.8) is 0 Å². The number of aromatic nitrogens is 1. The monoisotopic (exact) mass is 305 g/mol. The lowest BCUT2D eigenvalue weighted by molar-refractivity contribution is 0.808. The van der Waals surface area contributed by atoms with E-state index in [2.05, 4.69) is 79.1 Å². The summed E-state index contributed by atoms with van der Waals surface area (Å²) in [5, 5.41) is 3.20. The second kappa shape index (κ2) is 7.19. The van der Waals surface area contributed by atoms with Gasteiger partial charge in [-0.3, -0.25) is 0 Å². The molecule has 110 valence electrons. The average molecular weight is 305 g/mol. The molecule has 0 radical (unpaired) electrons. The second-order valence-electron chi connectivity index (χ2n) is 5.23. The highest BCUT2D eigenvalue weighted by Crippen LogP contribution is 2.26. The SMILES string of the molecule is CCC(/C=C/c1csc(-c2ccccc2)n1)c1ccccc1. The quantitative estimate of drug-likeness (QED) is 0.562. The van der Waals surface area contributed by atoms with E-state index in [0.29, 0.717) is 5.92 Å². The van der Waals surface area contributed by atoms with Gasteiger partial charge in [-0.2, -0.15) is 0 Å². The van der Waals surface area contributed by atoms with Gasteiger partial charge in [0.05, 0.1) is 5.69 Å². The van der Waals surface area contributed by atoms with E-state index in [9.17, 15) is 0 Å². The molecule has 1 unspecified atom stereocenters. The molecule has 1 nitrogen and oxygen atoms in total. The Hall–Kier alpha value is -2.19. The van der Waals surface area contributed by atoms with Crippen LogP contribution >= 0.6 is 11.3 Å². The molecule has 0 aliphatic rings. The maximum absolute atomic E-state index is 4.71. The number of allylic oxidation sites excluding steroid dienone is 1. The minimum Gasteiger partial charge on any atom is -0.237 e. The van der Waals surface area contributed by atoms with E-state index in [1.54, 1.807) is 11.3 Å². The summed E-state index contributed by atoms with van der Waals surface area (Å²) in [5.41, 5.74) is 3.58. The van der Waals surface area contributed by atoms with E-state index in [1.165, 1.54) is 11.1 Å². The Labute approximate surface area is 136 Å². The first-order valence-electron chi connectivity index (χ1n) is 7.61. The Morgan fingerprint density at radius 2 is 1.68 bits per heavy atom. The molecule has 22 heavy (non-hydrogen) atoms. The smallest absolute Gasteiger partial charge is 0.124 e. The predicted molar refractivity (Wildman–Crippen MR) is 96.1 cm³/mol. The van der Waals surface area contributed by atoms with Crippen molar-refractivity contribution >= 4 is 17.4 Å². The first-order valence-corrected chi connectivity index (χ1v) is 8.49. The summed E-state index contributed by atoms with van der Waals surface area (Å²) in [6.45, 7) is 2.22. The lowest BCUT2D eigenvalue weighted by atomic mass is 9.96. The maximum Gasteiger partial charge on any atom is 0.124 e. The van der Waals surface area contributed by atoms with Gasteiger partial charge < -0.3 is 0 Å².